The van der Waals surface area contributed by atoms with Crippen LogP contribution in [-0.2, 0) is 11.4 Å². The van der Waals surface area contributed by atoms with Gasteiger partial charge in [0, 0.05) is 51.8 Å². The number of ether oxygens (including phenoxy) is 2. The predicted molar refractivity (Wildman–Crippen MR) is 150 cm³/mol. The molecule has 5 heterocycles. The lowest BCUT2D eigenvalue weighted by atomic mass is 9.99. The Hall–Kier alpha value is -5.01. The molecular formula is C29H31FN8O5. The molecule has 0 unspecified atom stereocenters. The van der Waals surface area contributed by atoms with Gasteiger partial charge in [-0.15, -0.1) is 5.10 Å². The summed E-state index contributed by atoms with van der Waals surface area (Å²) < 4.78 is 29.6. The van der Waals surface area contributed by atoms with Gasteiger partial charge in [-0.05, 0) is 30.7 Å². The molecule has 1 N–H and O–H groups in total. The SMILES string of the molecule is COc1cccc2c1OCc1cn(nn1)[C@@H]1CN(C(=O)c3nc4ccc(C)cn4c3F)C[C@@H]1CC(=O)NCCN(C)C2=O. The Balaban J connectivity index is 1.30. The average Bonchev–Trinajstić information content (AvgIpc) is 3.72. The van der Waals surface area contributed by atoms with E-state index >= 15 is 4.39 Å². The zero-order valence-corrected chi connectivity index (χ0v) is 24.0. The molecule has 0 aliphatic carbocycles. The molecule has 2 aliphatic rings. The number of hydrogen-bond acceptors (Lipinski definition) is 8. The second kappa shape index (κ2) is 11.3. The lowest BCUT2D eigenvalue weighted by Crippen LogP contribution is -2.37. The predicted octanol–water partition coefficient (Wildman–Crippen LogP) is 1.87. The number of aryl methyl sites for hydroxylation is 1. The molecule has 43 heavy (non-hydrogen) atoms. The van der Waals surface area contributed by atoms with Crippen molar-refractivity contribution >= 4 is 23.4 Å². The Labute approximate surface area is 246 Å². The van der Waals surface area contributed by atoms with Gasteiger partial charge < -0.3 is 24.6 Å². The van der Waals surface area contributed by atoms with Crippen molar-refractivity contribution < 1.29 is 28.2 Å². The molecule has 0 radical (unpaired) electrons. The van der Waals surface area contributed by atoms with Crippen molar-refractivity contribution in [2.24, 2.45) is 5.92 Å². The molecule has 2 aliphatic heterocycles. The molecule has 2 bridgehead atoms. The topological polar surface area (TPSA) is 136 Å². The minimum atomic E-state index is -0.735. The minimum absolute atomic E-state index is 0.00321. The molecule has 3 amide bonds. The van der Waals surface area contributed by atoms with Crippen LogP contribution in [0.4, 0.5) is 4.39 Å². The highest BCUT2D eigenvalue weighted by Gasteiger charge is 2.40. The van der Waals surface area contributed by atoms with Crippen molar-refractivity contribution in [1.82, 2.24) is 39.5 Å². The number of imidazole rings is 1. The van der Waals surface area contributed by atoms with Crippen LogP contribution in [0, 0.1) is 18.8 Å². The summed E-state index contributed by atoms with van der Waals surface area (Å²) in [6, 6.07) is 8.10. The average molecular weight is 591 g/mol. The maximum Gasteiger partial charge on any atom is 0.277 e. The number of methoxy groups -OCH3 is 1. The van der Waals surface area contributed by atoms with Crippen molar-refractivity contribution in [3.05, 3.63) is 71.2 Å². The molecular weight excluding hydrogens is 559 g/mol. The van der Waals surface area contributed by atoms with Crippen LogP contribution in [0.3, 0.4) is 0 Å². The van der Waals surface area contributed by atoms with E-state index in [1.165, 1.54) is 21.3 Å². The Morgan fingerprint density at radius 3 is 2.81 bits per heavy atom. The summed E-state index contributed by atoms with van der Waals surface area (Å²) in [6.07, 6.45) is 3.36. The number of carbonyl (C=O) groups excluding carboxylic acids is 3. The van der Waals surface area contributed by atoms with Gasteiger partial charge in [0.05, 0.1) is 24.9 Å². The normalized spacial score (nSPS) is 19.5. The fraction of sp³-hybridized carbons (Fsp3) is 0.379. The first kappa shape index (κ1) is 28.1. The fourth-order valence-electron chi connectivity index (χ4n) is 5.59. The number of benzene rings is 1. The summed E-state index contributed by atoms with van der Waals surface area (Å²) >= 11 is 0. The molecule has 0 saturated carbocycles. The smallest absolute Gasteiger partial charge is 0.277 e. The number of nitrogens with zero attached hydrogens (tertiary/aromatic N) is 7. The summed E-state index contributed by atoms with van der Waals surface area (Å²) in [5, 5.41) is 11.4. The van der Waals surface area contributed by atoms with Crippen LogP contribution in [0.25, 0.3) is 5.65 Å². The molecule has 6 rings (SSSR count). The number of aromatic nitrogens is 5. The second-order valence-corrected chi connectivity index (χ2v) is 10.8. The first-order valence-corrected chi connectivity index (χ1v) is 13.9. The lowest BCUT2D eigenvalue weighted by molar-refractivity contribution is -0.122. The van der Waals surface area contributed by atoms with E-state index in [9.17, 15) is 14.4 Å². The van der Waals surface area contributed by atoms with Gasteiger partial charge >= 0.3 is 0 Å². The fourth-order valence-corrected chi connectivity index (χ4v) is 5.59. The van der Waals surface area contributed by atoms with E-state index < -0.39 is 17.9 Å². The van der Waals surface area contributed by atoms with Crippen LogP contribution >= 0.6 is 0 Å². The molecule has 14 heteroatoms. The van der Waals surface area contributed by atoms with E-state index in [-0.39, 0.29) is 68.4 Å². The molecule has 1 fully saturated rings. The van der Waals surface area contributed by atoms with Crippen molar-refractivity contribution in [3.8, 4) is 11.5 Å². The molecule has 1 saturated heterocycles. The number of fused-ring (bicyclic) bond motifs is 6. The third kappa shape index (κ3) is 5.35. The van der Waals surface area contributed by atoms with Crippen molar-refractivity contribution in [2.45, 2.75) is 26.0 Å². The van der Waals surface area contributed by atoms with Crippen LogP contribution < -0.4 is 14.8 Å². The number of nitrogens with one attached hydrogen (secondary N) is 1. The summed E-state index contributed by atoms with van der Waals surface area (Å²) in [5.41, 5.74) is 1.67. The van der Waals surface area contributed by atoms with Crippen molar-refractivity contribution in [1.29, 1.82) is 0 Å². The number of likely N-dealkylation sites (N-methyl/N-ethyl adjacent to an activating group) is 1. The van der Waals surface area contributed by atoms with Crippen molar-refractivity contribution in [2.75, 3.05) is 40.3 Å². The van der Waals surface area contributed by atoms with Gasteiger partial charge in [0.2, 0.25) is 11.9 Å². The molecule has 3 aromatic heterocycles. The lowest BCUT2D eigenvalue weighted by Gasteiger charge is -2.21. The number of amides is 3. The molecule has 13 nitrogen and oxygen atoms in total. The van der Waals surface area contributed by atoms with Gasteiger partial charge in [-0.3, -0.25) is 18.8 Å². The van der Waals surface area contributed by atoms with Crippen LogP contribution in [-0.4, -0.2) is 92.2 Å². The number of hydrogen-bond donors (Lipinski definition) is 1. The second-order valence-electron chi connectivity index (χ2n) is 10.8. The van der Waals surface area contributed by atoms with Crippen molar-refractivity contribution in [3.63, 3.8) is 0 Å². The maximum atomic E-state index is 15.3. The number of likely N-dealkylation sites (tertiary alicyclic amines) is 1. The number of halogens is 1. The summed E-state index contributed by atoms with van der Waals surface area (Å²) in [5.74, 6) is -1.51. The molecule has 4 aromatic rings. The monoisotopic (exact) mass is 590 g/mol. The Bertz CT molecular complexity index is 1720. The summed E-state index contributed by atoms with van der Waals surface area (Å²) in [6.45, 7) is 2.68. The molecule has 1 aromatic carbocycles. The highest BCUT2D eigenvalue weighted by molar-refractivity contribution is 5.97. The third-order valence-corrected chi connectivity index (χ3v) is 7.86. The van der Waals surface area contributed by atoms with E-state index in [1.54, 1.807) is 54.5 Å². The van der Waals surface area contributed by atoms with Crippen LogP contribution in [0.1, 0.15) is 44.6 Å². The zero-order valence-electron chi connectivity index (χ0n) is 24.0. The van der Waals surface area contributed by atoms with E-state index in [4.69, 9.17) is 9.47 Å². The van der Waals surface area contributed by atoms with Crippen LogP contribution in [0.15, 0.2) is 42.7 Å². The minimum Gasteiger partial charge on any atom is -0.493 e. The van der Waals surface area contributed by atoms with Gasteiger partial charge in [-0.2, -0.15) is 4.39 Å². The summed E-state index contributed by atoms with van der Waals surface area (Å²) in [7, 11) is 3.13. The highest BCUT2D eigenvalue weighted by Crippen LogP contribution is 2.34. The van der Waals surface area contributed by atoms with E-state index in [0.29, 0.717) is 22.7 Å². The zero-order chi connectivity index (χ0) is 30.2. The third-order valence-electron chi connectivity index (χ3n) is 7.86. The molecule has 2 atom stereocenters. The largest absolute Gasteiger partial charge is 0.493 e. The van der Waals surface area contributed by atoms with Crippen LogP contribution in [0.2, 0.25) is 0 Å². The van der Waals surface area contributed by atoms with Gasteiger partial charge in [-0.25, -0.2) is 9.67 Å². The Morgan fingerprint density at radius 2 is 2.00 bits per heavy atom. The first-order valence-electron chi connectivity index (χ1n) is 13.9. The Kier molecular flexibility index (Phi) is 7.42. The van der Waals surface area contributed by atoms with Crippen LogP contribution in [0.5, 0.6) is 11.5 Å². The van der Waals surface area contributed by atoms with Gasteiger partial charge in [0.1, 0.15) is 17.9 Å². The number of pyridine rings is 1. The van der Waals surface area contributed by atoms with E-state index in [1.807, 2.05) is 6.92 Å². The quantitative estimate of drug-likeness (QED) is 0.374. The number of rotatable bonds is 2. The number of carbonyl (C=O) groups is 3. The molecule has 0 spiro atoms. The van der Waals surface area contributed by atoms with Gasteiger partial charge in [-0.1, -0.05) is 17.3 Å². The van der Waals surface area contributed by atoms with E-state index in [0.717, 1.165) is 5.56 Å². The number of para-hydroxylation sites is 1. The standard InChI is InChI=1S/C29H31FN8O5/c1-17-7-8-23-32-25(27(30)37(23)12-17)29(41)36-13-18-11-24(39)31-9-10-35(2)28(40)20-5-4-6-22(42-3)26(20)43-16-19-14-38(34-33-19)21(18)15-36/h4-8,12,14,18,21H,9-11,13,15-16H2,1-3H3,(H,31,39)/t18-,21+/m0/s1. The maximum absolute atomic E-state index is 15.3. The highest BCUT2D eigenvalue weighted by atomic mass is 19.1. The summed E-state index contributed by atoms with van der Waals surface area (Å²) in [4.78, 5) is 47.0. The molecule has 224 valence electrons. The Morgan fingerprint density at radius 1 is 1.16 bits per heavy atom. The van der Waals surface area contributed by atoms with E-state index in [2.05, 4.69) is 20.6 Å². The van der Waals surface area contributed by atoms with Gasteiger partial charge in [0.15, 0.2) is 17.2 Å². The first-order chi connectivity index (χ1) is 20.7. The van der Waals surface area contributed by atoms with Gasteiger partial charge in [0.25, 0.3) is 11.8 Å².